The number of hydrogen-bond acceptors (Lipinski definition) is 3. The van der Waals surface area contributed by atoms with Crippen molar-refractivity contribution < 1.29 is 18.3 Å². The van der Waals surface area contributed by atoms with Gasteiger partial charge in [0.1, 0.15) is 0 Å². The van der Waals surface area contributed by atoms with Gasteiger partial charge in [-0.25, -0.2) is 13.2 Å². The van der Waals surface area contributed by atoms with Gasteiger partial charge in [0.2, 0.25) is 0 Å². The molecule has 0 aliphatic carbocycles. The van der Waals surface area contributed by atoms with E-state index in [9.17, 15) is 13.2 Å². The summed E-state index contributed by atoms with van der Waals surface area (Å²) in [5.41, 5.74) is 0.621. The molecule has 0 heterocycles. The molecule has 1 aromatic carbocycles. The van der Waals surface area contributed by atoms with E-state index in [-0.39, 0.29) is 17.1 Å². The summed E-state index contributed by atoms with van der Waals surface area (Å²) in [4.78, 5) is 10.6. The van der Waals surface area contributed by atoms with Crippen LogP contribution in [-0.2, 0) is 15.6 Å². The Hall–Kier alpha value is -1.36. The van der Waals surface area contributed by atoms with Crippen molar-refractivity contribution in [2.24, 2.45) is 0 Å². The third-order valence-corrected chi connectivity index (χ3v) is 3.65. The van der Waals surface area contributed by atoms with E-state index < -0.39 is 15.8 Å². The number of aromatic carboxylic acids is 1. The van der Waals surface area contributed by atoms with E-state index in [1.54, 1.807) is 19.1 Å². The molecule has 1 aromatic rings. The zero-order valence-electron chi connectivity index (χ0n) is 8.30. The van der Waals surface area contributed by atoms with Crippen LogP contribution in [0.4, 0.5) is 0 Å². The minimum atomic E-state index is -3.11. The summed E-state index contributed by atoms with van der Waals surface area (Å²) in [6, 6.07) is 5.98. The monoisotopic (exact) mass is 228 g/mol. The maximum Gasteiger partial charge on any atom is 0.335 e. The summed E-state index contributed by atoms with van der Waals surface area (Å²) in [5, 5.41) is 8.72. The van der Waals surface area contributed by atoms with Crippen LogP contribution in [0.1, 0.15) is 22.8 Å². The first-order valence-electron chi connectivity index (χ1n) is 4.47. The largest absolute Gasteiger partial charge is 0.478 e. The molecular weight excluding hydrogens is 216 g/mol. The Labute approximate surface area is 88.5 Å². The van der Waals surface area contributed by atoms with E-state index in [0.29, 0.717) is 5.56 Å². The molecule has 0 amide bonds. The van der Waals surface area contributed by atoms with Gasteiger partial charge in [-0.1, -0.05) is 19.1 Å². The summed E-state index contributed by atoms with van der Waals surface area (Å²) in [7, 11) is -3.11. The summed E-state index contributed by atoms with van der Waals surface area (Å²) >= 11 is 0. The predicted octanol–water partition coefficient (Wildman–Crippen LogP) is 1.32. The van der Waals surface area contributed by atoms with Gasteiger partial charge in [0.25, 0.3) is 0 Å². The van der Waals surface area contributed by atoms with E-state index >= 15 is 0 Å². The van der Waals surface area contributed by atoms with E-state index in [1.165, 1.54) is 12.1 Å². The average Bonchev–Trinajstić information content (AvgIpc) is 2.17. The van der Waals surface area contributed by atoms with Crippen LogP contribution < -0.4 is 0 Å². The molecule has 0 bridgehead atoms. The van der Waals surface area contributed by atoms with E-state index in [0.717, 1.165) is 0 Å². The van der Waals surface area contributed by atoms with Crippen molar-refractivity contribution in [2.45, 2.75) is 12.7 Å². The molecule has 15 heavy (non-hydrogen) atoms. The summed E-state index contributed by atoms with van der Waals surface area (Å²) in [6.45, 7) is 1.57. The van der Waals surface area contributed by atoms with Gasteiger partial charge in [0.15, 0.2) is 9.84 Å². The summed E-state index contributed by atoms with van der Waals surface area (Å²) < 4.78 is 22.6. The van der Waals surface area contributed by atoms with Crippen molar-refractivity contribution in [3.05, 3.63) is 35.4 Å². The Morgan fingerprint density at radius 3 is 2.60 bits per heavy atom. The third kappa shape index (κ3) is 3.36. The van der Waals surface area contributed by atoms with Gasteiger partial charge < -0.3 is 5.11 Å². The van der Waals surface area contributed by atoms with Crippen LogP contribution in [-0.4, -0.2) is 25.2 Å². The number of rotatable bonds is 4. The molecule has 0 saturated heterocycles. The number of carboxylic acids is 1. The van der Waals surface area contributed by atoms with E-state index in [4.69, 9.17) is 5.11 Å². The van der Waals surface area contributed by atoms with Crippen molar-refractivity contribution in [3.63, 3.8) is 0 Å². The second-order valence-corrected chi connectivity index (χ2v) is 5.54. The molecule has 1 rings (SSSR count). The van der Waals surface area contributed by atoms with Gasteiger partial charge in [-0.3, -0.25) is 0 Å². The van der Waals surface area contributed by atoms with Gasteiger partial charge in [-0.2, -0.15) is 0 Å². The van der Waals surface area contributed by atoms with Crippen LogP contribution in [0.15, 0.2) is 24.3 Å². The minimum Gasteiger partial charge on any atom is -0.478 e. The lowest BCUT2D eigenvalue weighted by atomic mass is 10.1. The maximum atomic E-state index is 11.3. The highest BCUT2D eigenvalue weighted by Crippen LogP contribution is 2.09. The average molecular weight is 228 g/mol. The number of benzene rings is 1. The van der Waals surface area contributed by atoms with Crippen LogP contribution in [0.2, 0.25) is 0 Å². The minimum absolute atomic E-state index is 0.0598. The fraction of sp³-hybridized carbons (Fsp3) is 0.300. The smallest absolute Gasteiger partial charge is 0.335 e. The number of carboxylic acid groups (broad SMARTS) is 1. The second-order valence-electron chi connectivity index (χ2n) is 3.18. The molecule has 0 aromatic heterocycles. The molecule has 5 heteroatoms. The van der Waals surface area contributed by atoms with E-state index in [1.807, 2.05) is 0 Å². The van der Waals surface area contributed by atoms with Crippen molar-refractivity contribution >= 4 is 15.8 Å². The first kappa shape index (κ1) is 11.7. The Balaban J connectivity index is 2.97. The van der Waals surface area contributed by atoms with Crippen LogP contribution in [0.5, 0.6) is 0 Å². The lowest BCUT2D eigenvalue weighted by Gasteiger charge is -2.02. The van der Waals surface area contributed by atoms with Crippen molar-refractivity contribution in [2.75, 3.05) is 5.75 Å². The Morgan fingerprint density at radius 1 is 1.40 bits per heavy atom. The molecule has 0 radical (unpaired) electrons. The highest BCUT2D eigenvalue weighted by molar-refractivity contribution is 7.90. The molecule has 0 unspecified atom stereocenters. The molecule has 4 nitrogen and oxygen atoms in total. The molecule has 0 aliphatic rings. The zero-order valence-corrected chi connectivity index (χ0v) is 9.12. The molecule has 1 N–H and O–H groups in total. The van der Waals surface area contributed by atoms with E-state index in [2.05, 4.69) is 0 Å². The Kier molecular flexibility index (Phi) is 3.47. The SMILES string of the molecule is CCS(=O)(=O)Cc1cccc(C(=O)O)c1. The third-order valence-electron chi connectivity index (χ3n) is 2.00. The molecule has 0 spiro atoms. The van der Waals surface area contributed by atoms with Gasteiger partial charge in [-0.15, -0.1) is 0 Å². The topological polar surface area (TPSA) is 71.4 Å². The lowest BCUT2D eigenvalue weighted by molar-refractivity contribution is 0.0696. The number of hydrogen-bond donors (Lipinski definition) is 1. The Morgan fingerprint density at radius 2 is 2.07 bits per heavy atom. The highest BCUT2D eigenvalue weighted by atomic mass is 32.2. The van der Waals surface area contributed by atoms with Crippen molar-refractivity contribution in [1.82, 2.24) is 0 Å². The predicted molar refractivity (Wildman–Crippen MR) is 56.6 cm³/mol. The van der Waals surface area contributed by atoms with Crippen LogP contribution >= 0.6 is 0 Å². The lowest BCUT2D eigenvalue weighted by Crippen LogP contribution is -2.07. The number of sulfone groups is 1. The van der Waals surface area contributed by atoms with Crippen molar-refractivity contribution in [3.8, 4) is 0 Å². The molecular formula is C10H12O4S. The molecule has 0 saturated carbocycles. The van der Waals surface area contributed by atoms with Crippen LogP contribution in [0.3, 0.4) is 0 Å². The van der Waals surface area contributed by atoms with Crippen LogP contribution in [0.25, 0.3) is 0 Å². The second kappa shape index (κ2) is 4.44. The van der Waals surface area contributed by atoms with Gasteiger partial charge in [-0.05, 0) is 17.7 Å². The normalized spacial score (nSPS) is 11.3. The standard InChI is InChI=1S/C10H12O4S/c1-2-15(13,14)7-8-4-3-5-9(6-8)10(11)12/h3-6H,2,7H2,1H3,(H,11,12). The van der Waals surface area contributed by atoms with Gasteiger partial charge >= 0.3 is 5.97 Å². The maximum absolute atomic E-state index is 11.3. The van der Waals surface area contributed by atoms with Crippen molar-refractivity contribution in [1.29, 1.82) is 0 Å². The first-order chi connectivity index (χ1) is 6.94. The van der Waals surface area contributed by atoms with Crippen LogP contribution in [0, 0.1) is 0 Å². The van der Waals surface area contributed by atoms with Gasteiger partial charge in [0.05, 0.1) is 11.3 Å². The zero-order chi connectivity index (χ0) is 11.5. The van der Waals surface area contributed by atoms with Gasteiger partial charge in [0, 0.05) is 5.75 Å². The highest BCUT2D eigenvalue weighted by Gasteiger charge is 2.10. The first-order valence-corrected chi connectivity index (χ1v) is 6.29. The quantitative estimate of drug-likeness (QED) is 0.843. The Bertz CT molecular complexity index is 462. The molecule has 0 atom stereocenters. The fourth-order valence-corrected chi connectivity index (χ4v) is 2.04. The summed E-state index contributed by atoms with van der Waals surface area (Å²) in [6.07, 6.45) is 0. The summed E-state index contributed by atoms with van der Waals surface area (Å²) in [5.74, 6) is -1.10. The molecule has 82 valence electrons. The fourth-order valence-electron chi connectivity index (χ4n) is 1.15. The molecule has 0 aliphatic heterocycles. The number of carbonyl (C=O) groups is 1. The molecule has 0 fully saturated rings.